The summed E-state index contributed by atoms with van der Waals surface area (Å²) in [6.45, 7) is 11.2. The van der Waals surface area contributed by atoms with E-state index in [1.165, 1.54) is 0 Å². The normalized spacial score (nSPS) is 15.8. The van der Waals surface area contributed by atoms with Crippen LogP contribution in [-0.4, -0.2) is 59.1 Å². The highest BCUT2D eigenvalue weighted by atomic mass is 16.4. The molecule has 0 spiro atoms. The second-order valence-electron chi connectivity index (χ2n) is 11.9. The molecule has 0 saturated carbocycles. The summed E-state index contributed by atoms with van der Waals surface area (Å²) in [4.78, 5) is 38.6. The molecule has 3 aromatic rings. The highest BCUT2D eigenvalue weighted by Crippen LogP contribution is 2.33. The van der Waals surface area contributed by atoms with Crippen molar-refractivity contribution in [1.29, 1.82) is 0 Å². The Morgan fingerprint density at radius 1 is 0.773 bits per heavy atom. The van der Waals surface area contributed by atoms with Gasteiger partial charge in [0.15, 0.2) is 0 Å². The van der Waals surface area contributed by atoms with Crippen LogP contribution in [-0.2, 0) is 28.9 Å². The number of carboxylic acid groups (broad SMARTS) is 2. The Kier molecular flexibility index (Phi) is 8.42. The third-order valence-corrected chi connectivity index (χ3v) is 8.90. The number of carbonyl (C=O) groups is 2. The first-order valence-electron chi connectivity index (χ1n) is 14.9. The predicted octanol–water partition coefficient (Wildman–Crippen LogP) is 3.39. The molecule has 0 fully saturated rings. The molecule has 2 aliphatic rings. The van der Waals surface area contributed by atoms with Crippen LogP contribution < -0.4 is 10.7 Å². The van der Waals surface area contributed by atoms with Gasteiger partial charge in [0.1, 0.15) is 0 Å². The molecule has 5 heterocycles. The highest BCUT2D eigenvalue weighted by Gasteiger charge is 2.26. The molecule has 2 unspecified atom stereocenters. The fraction of sp³-hybridized carbons (Fsp3) is 0.382. The number of aliphatic hydroxyl groups is 2. The van der Waals surface area contributed by atoms with Crippen LogP contribution in [0, 0.1) is 20.8 Å². The van der Waals surface area contributed by atoms with Crippen molar-refractivity contribution >= 4 is 35.9 Å². The molecular formula is C34H40N4O6. The Hall–Kier alpha value is -4.41. The molecule has 0 radical (unpaired) electrons. The summed E-state index contributed by atoms with van der Waals surface area (Å²) < 4.78 is 0. The second-order valence-corrected chi connectivity index (χ2v) is 11.9. The van der Waals surface area contributed by atoms with Crippen molar-refractivity contribution in [3.8, 4) is 0 Å². The minimum absolute atomic E-state index is 0.0326. The van der Waals surface area contributed by atoms with Crippen LogP contribution >= 0.6 is 0 Å². The molecule has 0 aromatic carbocycles. The van der Waals surface area contributed by atoms with Gasteiger partial charge < -0.3 is 35.4 Å². The smallest absolute Gasteiger partial charge is 0.303 e. The van der Waals surface area contributed by atoms with Crippen molar-refractivity contribution < 1.29 is 30.0 Å². The van der Waals surface area contributed by atoms with Crippen LogP contribution in [0.1, 0.15) is 95.9 Å². The minimum Gasteiger partial charge on any atom is -0.481 e. The number of hydrogen-bond acceptors (Lipinski definition) is 5. The van der Waals surface area contributed by atoms with E-state index in [0.717, 1.165) is 67.1 Å². The maximum absolute atomic E-state index is 11.6. The third-order valence-electron chi connectivity index (χ3n) is 8.90. The summed E-state index contributed by atoms with van der Waals surface area (Å²) in [6, 6.07) is 0. The van der Waals surface area contributed by atoms with Gasteiger partial charge in [-0.25, -0.2) is 4.99 Å². The van der Waals surface area contributed by atoms with Gasteiger partial charge in [0.25, 0.3) is 0 Å². The van der Waals surface area contributed by atoms with Gasteiger partial charge >= 0.3 is 11.9 Å². The average Bonchev–Trinajstić information content (AvgIpc) is 3.59. The molecule has 8 bridgehead atoms. The predicted molar refractivity (Wildman–Crippen MR) is 169 cm³/mol. The summed E-state index contributed by atoms with van der Waals surface area (Å²) in [6.07, 6.45) is 5.24. The molecule has 3 aromatic heterocycles. The summed E-state index contributed by atoms with van der Waals surface area (Å²) in [5, 5.41) is 42.0. The van der Waals surface area contributed by atoms with Crippen LogP contribution in [0.2, 0.25) is 0 Å². The highest BCUT2D eigenvalue weighted by molar-refractivity contribution is 6.24. The number of rotatable bonds is 8. The van der Waals surface area contributed by atoms with Gasteiger partial charge in [-0.15, -0.1) is 0 Å². The Bertz CT molecular complexity index is 1890. The van der Waals surface area contributed by atoms with Gasteiger partial charge in [-0.05, 0) is 106 Å². The van der Waals surface area contributed by atoms with E-state index in [1.807, 2.05) is 45.9 Å². The van der Waals surface area contributed by atoms with Crippen molar-refractivity contribution in [1.82, 2.24) is 15.0 Å². The fourth-order valence-corrected chi connectivity index (χ4v) is 6.60. The molecule has 0 amide bonds. The zero-order chi connectivity index (χ0) is 32.0. The molecule has 0 aliphatic carbocycles. The van der Waals surface area contributed by atoms with Crippen LogP contribution in [0.5, 0.6) is 0 Å². The van der Waals surface area contributed by atoms with Crippen LogP contribution in [0.3, 0.4) is 0 Å². The number of allylic oxidation sites excluding steroid dienone is 1. The standard InChI is InChI=1S/C34H40N4O6/c1-15-21(7-9-31(41)42)27-14-28-22(8-10-32(43)44)16(2)24(36-28)12-29-34(20(6)40)18(4)26(38-29)13-30-33(19(5)39)17(3)25(37-30)11-23(15)35-27/h11-13,19-20,35-36,38-40H,7-10,14H2,1-6H3,(H,41,42)(H,43,44). The van der Waals surface area contributed by atoms with E-state index in [1.54, 1.807) is 13.8 Å². The molecule has 5 rings (SSSR count). The zero-order valence-corrected chi connectivity index (χ0v) is 26.0. The molecular weight excluding hydrogens is 560 g/mol. The first-order valence-corrected chi connectivity index (χ1v) is 14.9. The number of aliphatic hydroxyl groups excluding tert-OH is 2. The van der Waals surface area contributed by atoms with Crippen molar-refractivity contribution in [3.63, 3.8) is 0 Å². The number of aliphatic carboxylic acids is 2. The number of hydrogen-bond donors (Lipinski definition) is 7. The second kappa shape index (κ2) is 11.9. The van der Waals surface area contributed by atoms with E-state index in [9.17, 15) is 30.0 Å². The lowest BCUT2D eigenvalue weighted by molar-refractivity contribution is -0.138. The maximum Gasteiger partial charge on any atom is 0.303 e. The van der Waals surface area contributed by atoms with Gasteiger partial charge in [0, 0.05) is 63.9 Å². The Morgan fingerprint density at radius 3 is 1.82 bits per heavy atom. The van der Waals surface area contributed by atoms with E-state index >= 15 is 0 Å². The summed E-state index contributed by atoms with van der Waals surface area (Å²) in [5.74, 6) is -1.78. The van der Waals surface area contributed by atoms with Crippen LogP contribution in [0.15, 0.2) is 21.8 Å². The molecule has 232 valence electrons. The maximum atomic E-state index is 11.6. The van der Waals surface area contributed by atoms with Crippen molar-refractivity contribution in [2.45, 2.75) is 85.9 Å². The first-order chi connectivity index (χ1) is 20.8. The Balaban J connectivity index is 1.85. The monoisotopic (exact) mass is 600 g/mol. The number of aliphatic imine (C=N–C) groups is 1. The Labute approximate surface area is 255 Å². The molecule has 7 N–H and O–H groups in total. The number of nitrogens with zero attached hydrogens (tertiary/aromatic N) is 1. The van der Waals surface area contributed by atoms with Crippen molar-refractivity contribution in [3.05, 3.63) is 83.7 Å². The molecule has 44 heavy (non-hydrogen) atoms. The summed E-state index contributed by atoms with van der Waals surface area (Å²) in [5.41, 5.74) is 11.4. The zero-order valence-electron chi connectivity index (χ0n) is 26.0. The number of H-pyrrole nitrogens is 3. The number of nitrogens with one attached hydrogen (secondary N) is 3. The van der Waals surface area contributed by atoms with E-state index in [2.05, 4.69) is 15.0 Å². The number of carboxylic acids is 2. The largest absolute Gasteiger partial charge is 0.481 e. The van der Waals surface area contributed by atoms with Crippen LogP contribution in [0.4, 0.5) is 0 Å². The first kappa shape index (κ1) is 31.0. The van der Waals surface area contributed by atoms with Gasteiger partial charge in [0.2, 0.25) is 0 Å². The average molecular weight is 601 g/mol. The quantitative estimate of drug-likeness (QED) is 0.209. The summed E-state index contributed by atoms with van der Waals surface area (Å²) in [7, 11) is 0. The van der Waals surface area contributed by atoms with E-state index in [0.29, 0.717) is 41.6 Å². The van der Waals surface area contributed by atoms with Gasteiger partial charge in [-0.2, -0.15) is 0 Å². The van der Waals surface area contributed by atoms with E-state index in [4.69, 9.17) is 4.99 Å². The third kappa shape index (κ3) is 5.75. The van der Waals surface area contributed by atoms with Gasteiger partial charge in [-0.3, -0.25) is 9.59 Å². The van der Waals surface area contributed by atoms with Gasteiger partial charge in [0.05, 0.1) is 23.6 Å². The van der Waals surface area contributed by atoms with Gasteiger partial charge in [-0.1, -0.05) is 0 Å². The van der Waals surface area contributed by atoms with Crippen molar-refractivity contribution in [2.24, 2.45) is 4.99 Å². The minimum atomic E-state index is -0.889. The molecule has 2 atom stereocenters. The molecule has 2 aliphatic heterocycles. The topological polar surface area (TPSA) is 175 Å². The number of aromatic nitrogens is 3. The molecule has 10 nitrogen and oxygen atoms in total. The summed E-state index contributed by atoms with van der Waals surface area (Å²) >= 11 is 0. The molecule has 10 heteroatoms. The lowest BCUT2D eigenvalue weighted by atomic mass is 9.98. The SMILES string of the molecule is CC1=C(C(C)O)C2=NC1=Cc1[nH]c(c(CCC(=O)O)c1C)Cc1[nH]c(c(C)c1CCC(=O)O)C=c1[nH]c(c(C)c1C(C)O)=C2. The molecule has 0 saturated heterocycles. The van der Waals surface area contributed by atoms with E-state index < -0.39 is 24.1 Å². The fourth-order valence-electron chi connectivity index (χ4n) is 6.60. The Morgan fingerprint density at radius 2 is 1.32 bits per heavy atom. The number of aromatic amines is 3. The lowest BCUT2D eigenvalue weighted by Gasteiger charge is -2.08. The number of fused-ring (bicyclic) bond motifs is 7. The van der Waals surface area contributed by atoms with Crippen LogP contribution in [0.25, 0.3) is 18.2 Å². The van der Waals surface area contributed by atoms with Crippen molar-refractivity contribution in [2.75, 3.05) is 0 Å². The van der Waals surface area contributed by atoms with E-state index in [-0.39, 0.29) is 12.8 Å². The lowest BCUT2D eigenvalue weighted by Crippen LogP contribution is -2.17.